The van der Waals surface area contributed by atoms with E-state index in [1.165, 1.54) is 32.4 Å². The maximum atomic E-state index is 13.8. The number of carboxylic acid groups (broad SMARTS) is 1. The number of carbonyl (C=O) groups excluding carboxylic acids is 1. The third-order valence-electron chi connectivity index (χ3n) is 5.26. The van der Waals surface area contributed by atoms with Gasteiger partial charge in [0.05, 0.1) is 34.5 Å². The Balaban J connectivity index is 1.94. The first-order valence-corrected chi connectivity index (χ1v) is 10.8. The molecule has 1 atom stereocenters. The Morgan fingerprint density at radius 2 is 1.88 bits per heavy atom. The lowest BCUT2D eigenvalue weighted by Gasteiger charge is -2.17. The smallest absolute Gasteiger partial charge is 0.339 e. The van der Waals surface area contributed by atoms with E-state index >= 15 is 0 Å². The maximum absolute atomic E-state index is 13.8. The van der Waals surface area contributed by atoms with Gasteiger partial charge in [0.15, 0.2) is 0 Å². The first-order chi connectivity index (χ1) is 16.0. The summed E-state index contributed by atoms with van der Waals surface area (Å²) in [7, 11) is 2.67. The summed E-state index contributed by atoms with van der Waals surface area (Å²) in [5.41, 5.74) is 0.539. The van der Waals surface area contributed by atoms with Gasteiger partial charge in [-0.3, -0.25) is 9.48 Å². The van der Waals surface area contributed by atoms with Crippen LogP contribution in [0.25, 0.3) is 0 Å². The van der Waals surface area contributed by atoms with Crippen molar-refractivity contribution in [1.29, 1.82) is 0 Å². The van der Waals surface area contributed by atoms with Crippen molar-refractivity contribution < 1.29 is 28.2 Å². The molecule has 2 N–H and O–H groups in total. The predicted molar refractivity (Wildman–Crippen MR) is 123 cm³/mol. The van der Waals surface area contributed by atoms with Gasteiger partial charge in [0.25, 0.3) is 12.3 Å². The highest BCUT2D eigenvalue weighted by Crippen LogP contribution is 2.30. The number of halogens is 4. The molecular weight excluding hydrogens is 491 g/mol. The van der Waals surface area contributed by atoms with E-state index in [1.54, 1.807) is 25.1 Å². The summed E-state index contributed by atoms with van der Waals surface area (Å²) in [6.45, 7) is 1.64. The van der Waals surface area contributed by atoms with Crippen molar-refractivity contribution in [2.24, 2.45) is 7.05 Å². The van der Waals surface area contributed by atoms with E-state index in [9.17, 15) is 23.5 Å². The lowest BCUT2D eigenvalue weighted by Crippen LogP contribution is -2.28. The molecule has 0 unspecified atom stereocenters. The highest BCUT2D eigenvalue weighted by molar-refractivity contribution is 6.42. The minimum absolute atomic E-state index is 0.0408. The monoisotopic (exact) mass is 511 g/mol. The Morgan fingerprint density at radius 1 is 1.18 bits per heavy atom. The molecular formula is C23H21Cl2F2N3O4. The number of carbonyl (C=O) groups is 2. The van der Waals surface area contributed by atoms with Crippen LogP contribution in [0.4, 0.5) is 8.78 Å². The Kier molecular flexibility index (Phi) is 7.78. The molecule has 3 aromatic rings. The van der Waals surface area contributed by atoms with E-state index < -0.39 is 30.0 Å². The van der Waals surface area contributed by atoms with Gasteiger partial charge in [-0.15, -0.1) is 0 Å². The molecule has 34 heavy (non-hydrogen) atoms. The van der Waals surface area contributed by atoms with Crippen LogP contribution in [0, 0.1) is 0 Å². The number of hydrogen-bond acceptors (Lipinski definition) is 4. The molecule has 0 bridgehead atoms. The fourth-order valence-corrected chi connectivity index (χ4v) is 3.89. The molecule has 0 saturated heterocycles. The number of aromatic carboxylic acids is 1. The van der Waals surface area contributed by atoms with Crippen LogP contribution >= 0.6 is 23.2 Å². The molecule has 11 heteroatoms. The number of rotatable bonds is 8. The number of carboxylic acids is 1. The van der Waals surface area contributed by atoms with Crippen LogP contribution < -0.4 is 10.1 Å². The summed E-state index contributed by atoms with van der Waals surface area (Å²) < 4.78 is 33.8. The number of aromatic nitrogens is 2. The van der Waals surface area contributed by atoms with Gasteiger partial charge in [0.1, 0.15) is 17.0 Å². The number of methoxy groups -OCH3 is 1. The first kappa shape index (κ1) is 25.5. The summed E-state index contributed by atoms with van der Waals surface area (Å²) in [5, 5.41) is 16.7. The van der Waals surface area contributed by atoms with Crippen molar-refractivity contribution in [1.82, 2.24) is 15.1 Å². The SMILES string of the molecule is COc1cc([C@H](C)NC(=O)c2c(Cc3ccc(Cl)c(Cl)c3)nn(C)c2C(F)F)ccc1C(=O)O. The zero-order chi connectivity index (χ0) is 25.2. The highest BCUT2D eigenvalue weighted by atomic mass is 35.5. The number of hydrogen-bond donors (Lipinski definition) is 2. The van der Waals surface area contributed by atoms with Crippen molar-refractivity contribution in [3.63, 3.8) is 0 Å². The minimum atomic E-state index is -2.94. The quantitative estimate of drug-likeness (QED) is 0.419. The number of nitrogens with one attached hydrogen (secondary N) is 1. The maximum Gasteiger partial charge on any atom is 0.339 e. The number of amides is 1. The van der Waals surface area contributed by atoms with Gasteiger partial charge in [-0.1, -0.05) is 35.3 Å². The highest BCUT2D eigenvalue weighted by Gasteiger charge is 2.29. The molecule has 2 aromatic carbocycles. The van der Waals surface area contributed by atoms with Crippen LogP contribution in [0.3, 0.4) is 0 Å². The standard InChI is InChI=1S/C23H21Cl2F2N3O4/c1-11(13-5-6-14(23(32)33)18(10-13)34-3)28-22(31)19-17(29-30(2)20(19)21(26)27)9-12-4-7-15(24)16(25)8-12/h4-8,10-11,21H,9H2,1-3H3,(H,28,31)(H,32,33)/t11-/m0/s1. The van der Waals surface area contributed by atoms with E-state index in [4.69, 9.17) is 27.9 Å². The van der Waals surface area contributed by atoms with Gasteiger partial charge in [-0.05, 0) is 42.3 Å². The second kappa shape index (κ2) is 10.4. The zero-order valence-electron chi connectivity index (χ0n) is 18.4. The van der Waals surface area contributed by atoms with Crippen molar-refractivity contribution in [3.8, 4) is 5.75 Å². The molecule has 0 spiro atoms. The van der Waals surface area contributed by atoms with Gasteiger partial charge in [-0.2, -0.15) is 5.10 Å². The molecule has 180 valence electrons. The molecule has 0 radical (unpaired) electrons. The molecule has 3 rings (SSSR count). The Labute approximate surface area is 204 Å². The lowest BCUT2D eigenvalue weighted by molar-refractivity contribution is 0.0692. The van der Waals surface area contributed by atoms with Crippen molar-refractivity contribution in [3.05, 3.63) is 80.1 Å². The Morgan fingerprint density at radius 3 is 2.47 bits per heavy atom. The lowest BCUT2D eigenvalue weighted by atomic mass is 10.0. The second-order valence-electron chi connectivity index (χ2n) is 7.52. The van der Waals surface area contributed by atoms with E-state index in [-0.39, 0.29) is 29.0 Å². The predicted octanol–water partition coefficient (Wildman–Crippen LogP) is 5.45. The number of nitrogens with zero attached hydrogens (tertiary/aromatic N) is 2. The normalized spacial score (nSPS) is 12.0. The summed E-state index contributed by atoms with van der Waals surface area (Å²) in [4.78, 5) is 24.5. The summed E-state index contributed by atoms with van der Waals surface area (Å²) in [5.74, 6) is -1.79. The molecule has 0 aliphatic carbocycles. The third kappa shape index (κ3) is 5.31. The van der Waals surface area contributed by atoms with Crippen LogP contribution in [0.15, 0.2) is 36.4 Å². The van der Waals surface area contributed by atoms with E-state index in [0.29, 0.717) is 21.2 Å². The fourth-order valence-electron chi connectivity index (χ4n) is 3.56. The summed E-state index contributed by atoms with van der Waals surface area (Å²) in [6.07, 6.45) is -2.86. The minimum Gasteiger partial charge on any atom is -0.496 e. The summed E-state index contributed by atoms with van der Waals surface area (Å²) in [6, 6.07) is 8.53. The third-order valence-corrected chi connectivity index (χ3v) is 6.00. The van der Waals surface area contributed by atoms with Crippen LogP contribution in [-0.2, 0) is 13.5 Å². The van der Waals surface area contributed by atoms with E-state index in [0.717, 1.165) is 4.68 Å². The topological polar surface area (TPSA) is 93.5 Å². The molecule has 1 amide bonds. The number of aryl methyl sites for hydroxylation is 1. The molecule has 0 saturated carbocycles. The fraction of sp³-hybridized carbons (Fsp3) is 0.261. The first-order valence-electron chi connectivity index (χ1n) is 10.0. The number of ether oxygens (including phenoxy) is 1. The average molecular weight is 512 g/mol. The van der Waals surface area contributed by atoms with Gasteiger partial charge >= 0.3 is 5.97 Å². The van der Waals surface area contributed by atoms with Crippen LogP contribution in [-0.4, -0.2) is 33.9 Å². The van der Waals surface area contributed by atoms with E-state index in [1.807, 2.05) is 0 Å². The van der Waals surface area contributed by atoms with Crippen LogP contribution in [0.5, 0.6) is 5.75 Å². The van der Waals surface area contributed by atoms with Gasteiger partial charge < -0.3 is 15.2 Å². The molecule has 0 aliphatic rings. The van der Waals surface area contributed by atoms with Gasteiger partial charge in [0, 0.05) is 13.5 Å². The van der Waals surface area contributed by atoms with Crippen LogP contribution in [0.2, 0.25) is 10.0 Å². The molecule has 0 fully saturated rings. The summed E-state index contributed by atoms with van der Waals surface area (Å²) >= 11 is 12.0. The van der Waals surface area contributed by atoms with E-state index in [2.05, 4.69) is 10.4 Å². The number of benzene rings is 2. The molecule has 0 aliphatic heterocycles. The van der Waals surface area contributed by atoms with Crippen LogP contribution in [0.1, 0.15) is 62.6 Å². The average Bonchev–Trinajstić information content (AvgIpc) is 3.11. The Hall–Kier alpha value is -3.17. The molecule has 1 aromatic heterocycles. The van der Waals surface area contributed by atoms with Gasteiger partial charge in [-0.25, -0.2) is 13.6 Å². The number of alkyl halides is 2. The Bertz CT molecular complexity index is 1250. The van der Waals surface area contributed by atoms with Crippen molar-refractivity contribution in [2.75, 3.05) is 7.11 Å². The second-order valence-corrected chi connectivity index (χ2v) is 8.33. The van der Waals surface area contributed by atoms with Gasteiger partial charge in [0.2, 0.25) is 0 Å². The van der Waals surface area contributed by atoms with Crippen molar-refractivity contribution in [2.45, 2.75) is 25.8 Å². The largest absolute Gasteiger partial charge is 0.496 e. The van der Waals surface area contributed by atoms with Crippen molar-refractivity contribution >= 4 is 35.1 Å². The molecule has 1 heterocycles. The zero-order valence-corrected chi connectivity index (χ0v) is 19.9. The molecule has 7 nitrogen and oxygen atoms in total.